The molecule has 1 aromatic rings. The molecule has 1 N–H and O–H groups in total. The fourth-order valence-corrected chi connectivity index (χ4v) is 3.32. The molecule has 1 aromatic carbocycles. The molecule has 21 heavy (non-hydrogen) atoms. The molecule has 3 rings (SSSR count). The van der Waals surface area contributed by atoms with Crippen LogP contribution in [0.3, 0.4) is 0 Å². The summed E-state index contributed by atoms with van der Waals surface area (Å²) in [5.74, 6) is 0.814. The lowest BCUT2D eigenvalue weighted by molar-refractivity contribution is 0.263. The summed E-state index contributed by atoms with van der Waals surface area (Å²) < 4.78 is 0. The quantitative estimate of drug-likeness (QED) is 0.895. The van der Waals surface area contributed by atoms with Crippen molar-refractivity contribution in [3.05, 3.63) is 29.3 Å². The van der Waals surface area contributed by atoms with E-state index in [0.29, 0.717) is 5.41 Å². The zero-order valence-corrected chi connectivity index (χ0v) is 14.1. The van der Waals surface area contributed by atoms with Crippen molar-refractivity contribution in [2.24, 2.45) is 11.3 Å². The van der Waals surface area contributed by atoms with Crippen LogP contribution < -0.4 is 10.2 Å². The Hall–Kier alpha value is -1.02. The van der Waals surface area contributed by atoms with Gasteiger partial charge in [-0.1, -0.05) is 26.8 Å². The SMILES string of the molecule is Cc1cc(N2CCC(C(C)(C)C)C2)ccc1CNC1CC1. The minimum atomic E-state index is 0.428. The molecule has 1 atom stereocenters. The van der Waals surface area contributed by atoms with Crippen LogP contribution in [0.15, 0.2) is 18.2 Å². The van der Waals surface area contributed by atoms with Crippen molar-refractivity contribution in [1.29, 1.82) is 0 Å². The fourth-order valence-electron chi connectivity index (χ4n) is 3.32. The van der Waals surface area contributed by atoms with E-state index in [-0.39, 0.29) is 0 Å². The monoisotopic (exact) mass is 286 g/mol. The van der Waals surface area contributed by atoms with Gasteiger partial charge in [-0.25, -0.2) is 0 Å². The van der Waals surface area contributed by atoms with Crippen molar-refractivity contribution in [2.45, 2.75) is 59.5 Å². The zero-order chi connectivity index (χ0) is 15.0. The molecule has 1 heterocycles. The normalized spacial score (nSPS) is 22.9. The molecule has 1 saturated heterocycles. The van der Waals surface area contributed by atoms with Crippen LogP contribution in [0, 0.1) is 18.3 Å². The first-order valence-corrected chi connectivity index (χ1v) is 8.51. The van der Waals surface area contributed by atoms with Crippen molar-refractivity contribution in [1.82, 2.24) is 5.32 Å². The third-order valence-corrected chi connectivity index (χ3v) is 5.26. The van der Waals surface area contributed by atoms with E-state index in [1.807, 2.05) is 0 Å². The van der Waals surface area contributed by atoms with E-state index in [9.17, 15) is 0 Å². The van der Waals surface area contributed by atoms with Crippen LogP contribution >= 0.6 is 0 Å². The van der Waals surface area contributed by atoms with Crippen LogP contribution in [0.2, 0.25) is 0 Å². The topological polar surface area (TPSA) is 15.3 Å². The number of rotatable bonds is 4. The molecule has 1 unspecified atom stereocenters. The van der Waals surface area contributed by atoms with E-state index in [4.69, 9.17) is 0 Å². The van der Waals surface area contributed by atoms with Crippen LogP contribution in [-0.2, 0) is 6.54 Å². The number of nitrogens with zero attached hydrogens (tertiary/aromatic N) is 1. The molecule has 2 fully saturated rings. The Kier molecular flexibility index (Phi) is 4.00. The predicted octanol–water partition coefficient (Wildman–Crippen LogP) is 4.12. The van der Waals surface area contributed by atoms with Crippen LogP contribution in [0.4, 0.5) is 5.69 Å². The molecule has 2 heteroatoms. The van der Waals surface area contributed by atoms with Gasteiger partial charge in [-0.2, -0.15) is 0 Å². The summed E-state index contributed by atoms with van der Waals surface area (Å²) in [6.07, 6.45) is 4.05. The molecule has 2 nitrogen and oxygen atoms in total. The minimum absolute atomic E-state index is 0.428. The van der Waals surface area contributed by atoms with Gasteiger partial charge in [0, 0.05) is 31.4 Å². The number of anilines is 1. The second-order valence-electron chi connectivity index (χ2n) is 8.06. The largest absolute Gasteiger partial charge is 0.371 e. The summed E-state index contributed by atoms with van der Waals surface area (Å²) in [7, 11) is 0. The average molecular weight is 286 g/mol. The molecule has 1 saturated carbocycles. The van der Waals surface area contributed by atoms with Gasteiger partial charge >= 0.3 is 0 Å². The van der Waals surface area contributed by atoms with Crippen molar-refractivity contribution in [3.8, 4) is 0 Å². The molecule has 1 aliphatic heterocycles. The highest BCUT2D eigenvalue weighted by Gasteiger charge is 2.31. The molecule has 0 radical (unpaired) electrons. The van der Waals surface area contributed by atoms with Crippen LogP contribution in [0.5, 0.6) is 0 Å². The average Bonchev–Trinajstić information content (AvgIpc) is 3.09. The lowest BCUT2D eigenvalue weighted by atomic mass is 9.80. The van der Waals surface area contributed by atoms with E-state index >= 15 is 0 Å². The smallest absolute Gasteiger partial charge is 0.0369 e. The highest BCUT2D eigenvalue weighted by Crippen LogP contribution is 2.36. The van der Waals surface area contributed by atoms with E-state index in [2.05, 4.69) is 56.1 Å². The Morgan fingerprint density at radius 2 is 1.95 bits per heavy atom. The summed E-state index contributed by atoms with van der Waals surface area (Å²) >= 11 is 0. The second-order valence-corrected chi connectivity index (χ2v) is 8.06. The van der Waals surface area contributed by atoms with E-state index in [1.165, 1.54) is 49.2 Å². The number of nitrogens with one attached hydrogen (secondary N) is 1. The first-order chi connectivity index (χ1) is 9.93. The maximum atomic E-state index is 3.62. The van der Waals surface area contributed by atoms with Crippen molar-refractivity contribution >= 4 is 5.69 Å². The van der Waals surface area contributed by atoms with Gasteiger partial charge in [-0.05, 0) is 60.8 Å². The zero-order valence-electron chi connectivity index (χ0n) is 14.1. The van der Waals surface area contributed by atoms with Gasteiger partial charge < -0.3 is 10.2 Å². The second kappa shape index (κ2) is 5.64. The predicted molar refractivity (Wildman–Crippen MR) is 90.8 cm³/mol. The molecule has 2 aliphatic rings. The highest BCUT2D eigenvalue weighted by molar-refractivity contribution is 5.51. The van der Waals surface area contributed by atoms with Crippen LogP contribution in [0.1, 0.15) is 51.2 Å². The summed E-state index contributed by atoms with van der Waals surface area (Å²) in [5, 5.41) is 3.62. The first kappa shape index (κ1) is 14.9. The minimum Gasteiger partial charge on any atom is -0.371 e. The molecule has 0 bridgehead atoms. The maximum absolute atomic E-state index is 3.62. The standard InChI is InChI=1S/C19H30N2/c1-14-11-18(8-5-15(14)12-20-17-6-7-17)21-10-9-16(13-21)19(2,3)4/h5,8,11,16-17,20H,6-7,9-10,12-13H2,1-4H3. The van der Waals surface area contributed by atoms with Crippen LogP contribution in [-0.4, -0.2) is 19.1 Å². The summed E-state index contributed by atoms with van der Waals surface area (Å²) in [4.78, 5) is 2.57. The number of benzene rings is 1. The number of hydrogen-bond donors (Lipinski definition) is 1. The van der Waals surface area contributed by atoms with Gasteiger partial charge in [0.15, 0.2) is 0 Å². The molecule has 1 aliphatic carbocycles. The maximum Gasteiger partial charge on any atom is 0.0369 e. The van der Waals surface area contributed by atoms with Crippen molar-refractivity contribution in [2.75, 3.05) is 18.0 Å². The Labute approximate surface area is 129 Å². The molecule has 0 amide bonds. The summed E-state index contributed by atoms with van der Waals surface area (Å²) in [5.41, 5.74) is 4.73. The lowest BCUT2D eigenvalue weighted by Gasteiger charge is -2.27. The summed E-state index contributed by atoms with van der Waals surface area (Å²) in [6, 6.07) is 7.82. The van der Waals surface area contributed by atoms with Gasteiger partial charge in [-0.3, -0.25) is 0 Å². The van der Waals surface area contributed by atoms with Gasteiger partial charge in [-0.15, -0.1) is 0 Å². The van der Waals surface area contributed by atoms with Gasteiger partial charge in [0.2, 0.25) is 0 Å². The van der Waals surface area contributed by atoms with Crippen molar-refractivity contribution in [3.63, 3.8) is 0 Å². The fraction of sp³-hybridized carbons (Fsp3) is 0.684. The number of aryl methyl sites for hydroxylation is 1. The Morgan fingerprint density at radius 3 is 2.52 bits per heavy atom. The van der Waals surface area contributed by atoms with Gasteiger partial charge in [0.1, 0.15) is 0 Å². The third kappa shape index (κ3) is 3.60. The highest BCUT2D eigenvalue weighted by atomic mass is 15.2. The molecule has 116 valence electrons. The Bertz CT molecular complexity index is 497. The summed E-state index contributed by atoms with van der Waals surface area (Å²) in [6.45, 7) is 12.8. The van der Waals surface area contributed by atoms with Gasteiger partial charge in [0.05, 0.1) is 0 Å². The van der Waals surface area contributed by atoms with Gasteiger partial charge in [0.25, 0.3) is 0 Å². The molecule has 0 aromatic heterocycles. The van der Waals surface area contributed by atoms with Crippen LogP contribution in [0.25, 0.3) is 0 Å². The lowest BCUT2D eigenvalue weighted by Crippen LogP contribution is -2.26. The number of hydrogen-bond acceptors (Lipinski definition) is 2. The first-order valence-electron chi connectivity index (χ1n) is 8.51. The van der Waals surface area contributed by atoms with Crippen molar-refractivity contribution < 1.29 is 0 Å². The van der Waals surface area contributed by atoms with E-state index < -0.39 is 0 Å². The third-order valence-electron chi connectivity index (χ3n) is 5.26. The molecular formula is C19H30N2. The Morgan fingerprint density at radius 1 is 1.19 bits per heavy atom. The van der Waals surface area contributed by atoms with E-state index in [1.54, 1.807) is 0 Å². The molecule has 0 spiro atoms. The molecular weight excluding hydrogens is 256 g/mol. The van der Waals surface area contributed by atoms with E-state index in [0.717, 1.165) is 18.5 Å². The Balaban J connectivity index is 1.64.